The summed E-state index contributed by atoms with van der Waals surface area (Å²) in [6.07, 6.45) is -3.27. The molecule has 0 aromatic heterocycles. The molecule has 390 valence electrons. The van der Waals surface area contributed by atoms with E-state index in [9.17, 15) is 39.6 Å². The second-order valence-corrected chi connectivity index (χ2v) is 18.5. The van der Waals surface area contributed by atoms with Crippen LogP contribution in [-0.2, 0) is 49.0 Å². The second kappa shape index (κ2) is 28.4. The fourth-order valence-electron chi connectivity index (χ4n) is 6.82. The molecule has 0 amide bonds. The van der Waals surface area contributed by atoms with Crippen LogP contribution in [0.2, 0.25) is 0 Å². The van der Waals surface area contributed by atoms with Gasteiger partial charge in [-0.25, -0.2) is 9.59 Å². The number of benzene rings is 4. The predicted molar refractivity (Wildman–Crippen MR) is 268 cm³/mol. The molecule has 0 heterocycles. The van der Waals surface area contributed by atoms with E-state index < -0.39 is 48.3 Å². The lowest BCUT2D eigenvalue weighted by atomic mass is 9.78. The Kier molecular flexibility index (Phi) is 22.8. The number of hydrogen-bond acceptors (Lipinski definition) is 16. The molecule has 0 aliphatic heterocycles. The number of carbonyl (C=O) groups excluding carboxylic acids is 4. The first-order valence-electron chi connectivity index (χ1n) is 23.8. The van der Waals surface area contributed by atoms with E-state index in [1.54, 1.807) is 48.5 Å². The molecule has 4 N–H and O–H groups in total. The zero-order chi connectivity index (χ0) is 52.8. The van der Waals surface area contributed by atoms with Gasteiger partial charge < -0.3 is 58.3 Å². The van der Waals surface area contributed by atoms with Crippen molar-refractivity contribution in [3.05, 3.63) is 144 Å². The standard InChI is InChI=1S/C56H70O16/c1-37(2)53(63)71-35-45(59)31-67-49-25-17-41(18-26-49)55(5,6)39-13-21-47(22-14-39)65-29-43(57)33-69-51(61)11-9-10-12-52(62)70-34-44(58)30-66-48-23-15-40(16-24-48)56(7,8)42-19-27-50(28-20-42)68-32-46(60)36-72-54(64)38(3)4/h13-28,43-46,57-60H,1,3,9-12,29-36H2,2,4-8H3. The first-order chi connectivity index (χ1) is 34.1. The topological polar surface area (TPSA) is 223 Å². The molecule has 16 heteroatoms. The Balaban J connectivity index is 1.05. The van der Waals surface area contributed by atoms with E-state index in [1.165, 1.54) is 13.8 Å². The highest BCUT2D eigenvalue weighted by Crippen LogP contribution is 2.35. The van der Waals surface area contributed by atoms with Crippen LogP contribution in [0.3, 0.4) is 0 Å². The minimum Gasteiger partial charge on any atom is -0.491 e. The number of unbranched alkanes of at least 4 members (excludes halogenated alkanes) is 1. The third-order valence-electron chi connectivity index (χ3n) is 11.5. The summed E-state index contributed by atoms with van der Waals surface area (Å²) in [6.45, 7) is 17.2. The second-order valence-electron chi connectivity index (χ2n) is 18.5. The highest BCUT2D eigenvalue weighted by atomic mass is 16.6. The number of hydrogen-bond donors (Lipinski definition) is 4. The summed E-state index contributed by atoms with van der Waals surface area (Å²) < 4.78 is 43.1. The average molecular weight is 999 g/mol. The smallest absolute Gasteiger partial charge is 0.333 e. The van der Waals surface area contributed by atoms with Crippen molar-refractivity contribution in [1.29, 1.82) is 0 Å². The van der Waals surface area contributed by atoms with Gasteiger partial charge in [-0.15, -0.1) is 0 Å². The summed E-state index contributed by atoms with van der Waals surface area (Å²) in [5.74, 6) is -0.0179. The van der Waals surface area contributed by atoms with Gasteiger partial charge in [-0.2, -0.15) is 0 Å². The van der Waals surface area contributed by atoms with Crippen LogP contribution in [0.25, 0.3) is 0 Å². The zero-order valence-electron chi connectivity index (χ0n) is 42.1. The molecule has 4 atom stereocenters. The van der Waals surface area contributed by atoms with Crippen molar-refractivity contribution in [2.75, 3.05) is 52.9 Å². The van der Waals surface area contributed by atoms with Crippen molar-refractivity contribution in [1.82, 2.24) is 0 Å². The van der Waals surface area contributed by atoms with Gasteiger partial charge in [0.15, 0.2) is 0 Å². The number of aliphatic hydroxyl groups excluding tert-OH is 4. The summed E-state index contributed by atoms with van der Waals surface area (Å²) in [5.41, 5.74) is 3.80. The molecule has 16 nitrogen and oxygen atoms in total. The van der Waals surface area contributed by atoms with E-state index in [0.29, 0.717) is 35.8 Å². The molecule has 0 radical (unpaired) electrons. The van der Waals surface area contributed by atoms with Gasteiger partial charge in [-0.05, 0) is 97.5 Å². The maximum Gasteiger partial charge on any atom is 0.333 e. The fourth-order valence-corrected chi connectivity index (χ4v) is 6.82. The molecule has 0 saturated carbocycles. The van der Waals surface area contributed by atoms with Gasteiger partial charge >= 0.3 is 23.9 Å². The van der Waals surface area contributed by atoms with E-state index in [1.807, 2.05) is 48.5 Å². The Morgan fingerprint density at radius 1 is 0.403 bits per heavy atom. The predicted octanol–water partition coefficient (Wildman–Crippen LogP) is 6.88. The van der Waals surface area contributed by atoms with Crippen molar-refractivity contribution in [3.8, 4) is 23.0 Å². The molecule has 4 aromatic rings. The number of rotatable bonds is 31. The summed E-state index contributed by atoms with van der Waals surface area (Å²) in [6, 6.07) is 29.9. The van der Waals surface area contributed by atoms with E-state index in [4.69, 9.17) is 37.9 Å². The monoisotopic (exact) mass is 998 g/mol. The largest absolute Gasteiger partial charge is 0.491 e. The van der Waals surface area contributed by atoms with Gasteiger partial charge in [0.2, 0.25) is 0 Å². The Morgan fingerprint density at radius 2 is 0.625 bits per heavy atom. The van der Waals surface area contributed by atoms with Crippen LogP contribution in [0.15, 0.2) is 121 Å². The van der Waals surface area contributed by atoms with E-state index in [2.05, 4.69) is 40.9 Å². The number of carbonyl (C=O) groups is 4. The summed E-state index contributed by atoms with van der Waals surface area (Å²) in [5, 5.41) is 40.9. The van der Waals surface area contributed by atoms with E-state index >= 15 is 0 Å². The van der Waals surface area contributed by atoms with Crippen molar-refractivity contribution in [3.63, 3.8) is 0 Å². The fraction of sp³-hybridized carbons (Fsp3) is 0.429. The van der Waals surface area contributed by atoms with Gasteiger partial charge in [0, 0.05) is 34.8 Å². The molecule has 0 fully saturated rings. The number of aliphatic hydroxyl groups is 4. The van der Waals surface area contributed by atoms with Gasteiger partial charge in [-0.3, -0.25) is 9.59 Å². The normalized spacial score (nSPS) is 13.1. The molecule has 0 aliphatic carbocycles. The molecule has 0 spiro atoms. The quantitative estimate of drug-likeness (QED) is 0.0175. The van der Waals surface area contributed by atoms with Gasteiger partial charge in [0.25, 0.3) is 0 Å². The van der Waals surface area contributed by atoms with Crippen LogP contribution in [0.5, 0.6) is 23.0 Å². The van der Waals surface area contributed by atoms with Crippen LogP contribution in [-0.4, -0.2) is 122 Å². The third-order valence-corrected chi connectivity index (χ3v) is 11.5. The van der Waals surface area contributed by atoms with Crippen molar-refractivity contribution >= 4 is 23.9 Å². The van der Waals surface area contributed by atoms with Gasteiger partial charge in [0.05, 0.1) is 0 Å². The first kappa shape index (κ1) is 57.9. The van der Waals surface area contributed by atoms with Crippen LogP contribution < -0.4 is 18.9 Å². The van der Waals surface area contributed by atoms with Gasteiger partial charge in [-0.1, -0.05) is 89.4 Å². The van der Waals surface area contributed by atoms with Crippen molar-refractivity contribution in [2.45, 2.75) is 102 Å². The van der Waals surface area contributed by atoms with Crippen LogP contribution in [0.4, 0.5) is 0 Å². The summed E-state index contributed by atoms with van der Waals surface area (Å²) >= 11 is 0. The lowest BCUT2D eigenvalue weighted by Gasteiger charge is -2.26. The van der Waals surface area contributed by atoms with Crippen LogP contribution in [0.1, 0.15) is 89.5 Å². The molecular weight excluding hydrogens is 929 g/mol. The molecule has 4 unspecified atom stereocenters. The minimum absolute atomic E-state index is 0.0459. The Bertz CT molecular complexity index is 2190. The maximum atomic E-state index is 12.3. The Hall–Kier alpha value is -6.72. The highest BCUT2D eigenvalue weighted by Gasteiger charge is 2.25. The molecule has 72 heavy (non-hydrogen) atoms. The zero-order valence-corrected chi connectivity index (χ0v) is 42.1. The summed E-state index contributed by atoms with van der Waals surface area (Å²) in [4.78, 5) is 47.6. The average Bonchev–Trinajstić information content (AvgIpc) is 3.37. The van der Waals surface area contributed by atoms with Crippen molar-refractivity contribution < 1.29 is 77.5 Å². The first-order valence-corrected chi connectivity index (χ1v) is 23.8. The summed E-state index contributed by atoms with van der Waals surface area (Å²) in [7, 11) is 0. The van der Waals surface area contributed by atoms with Crippen LogP contribution in [0, 0.1) is 0 Å². The lowest BCUT2D eigenvalue weighted by molar-refractivity contribution is -0.149. The molecule has 0 aliphatic rings. The van der Waals surface area contributed by atoms with E-state index in [-0.39, 0.29) is 87.7 Å². The molecular formula is C56H70O16. The Morgan fingerprint density at radius 3 is 0.847 bits per heavy atom. The number of ether oxygens (including phenoxy) is 8. The Labute approximate surface area is 422 Å². The van der Waals surface area contributed by atoms with Gasteiger partial charge in [0.1, 0.15) is 100 Å². The van der Waals surface area contributed by atoms with E-state index in [0.717, 1.165) is 22.3 Å². The minimum atomic E-state index is -1.06. The molecule has 4 rings (SSSR count). The SMILES string of the molecule is C=C(C)C(=O)OCC(O)COc1ccc(C(C)(C)c2ccc(OCC(O)COC(=O)CCCCC(=O)OCC(O)COc3ccc(C(C)(C)c4ccc(OCC(O)COC(=O)C(=C)C)cc4)cc3)cc2)cc1. The molecule has 4 aromatic carbocycles. The highest BCUT2D eigenvalue weighted by molar-refractivity contribution is 5.87. The molecule has 0 saturated heterocycles. The van der Waals surface area contributed by atoms with Crippen molar-refractivity contribution in [2.24, 2.45) is 0 Å². The maximum absolute atomic E-state index is 12.3. The molecule has 0 bridgehead atoms. The van der Waals surface area contributed by atoms with Crippen LogP contribution >= 0.6 is 0 Å². The number of esters is 4. The lowest BCUT2D eigenvalue weighted by Crippen LogP contribution is -2.25. The third kappa shape index (κ3) is 19.5.